The molecule has 1 aromatic rings. The van der Waals surface area contributed by atoms with Crippen LogP contribution in [0, 0.1) is 0 Å². The molecule has 276 valence electrons. The summed E-state index contributed by atoms with van der Waals surface area (Å²) in [4.78, 5) is 0. The summed E-state index contributed by atoms with van der Waals surface area (Å²) in [6.45, 7) is 5.81. The lowest BCUT2D eigenvalue weighted by atomic mass is 10.0. The average molecular weight is 655 g/mol. The molecule has 0 aliphatic carbocycles. The third kappa shape index (κ3) is 33.4. The van der Waals surface area contributed by atoms with E-state index in [2.05, 4.69) is 42.9 Å². The van der Waals surface area contributed by atoms with Crippen LogP contribution in [0.4, 0.5) is 0 Å². The molecule has 1 aromatic heterocycles. The first kappa shape index (κ1) is 44.2. The van der Waals surface area contributed by atoms with Gasteiger partial charge < -0.3 is 0 Å². The first-order valence-electron chi connectivity index (χ1n) is 22.3. The maximum atomic E-state index is 2.41. The largest absolute Gasteiger partial charge is 0.205 e. The molecule has 0 unspecified atom stereocenters. The lowest BCUT2D eigenvalue weighted by Crippen LogP contribution is -2.32. The molecule has 1 heterocycles. The van der Waals surface area contributed by atoms with Crippen LogP contribution in [0.25, 0.3) is 0 Å². The molecule has 0 radical (unpaired) electrons. The van der Waals surface area contributed by atoms with Crippen LogP contribution in [-0.4, -0.2) is 0 Å². The van der Waals surface area contributed by atoms with Crippen LogP contribution >= 0.6 is 0 Å². The predicted octanol–water partition coefficient (Wildman–Crippen LogP) is 16.0. The normalized spacial score (nSPS) is 11.5. The fourth-order valence-corrected chi connectivity index (χ4v) is 7.41. The molecule has 0 fully saturated rings. The number of hydrogen-bond donors (Lipinski definition) is 0. The van der Waals surface area contributed by atoms with Crippen molar-refractivity contribution in [3.8, 4) is 0 Å². The van der Waals surface area contributed by atoms with Gasteiger partial charge in [-0.1, -0.05) is 232 Å². The first-order chi connectivity index (χ1) is 23.4. The molecule has 0 saturated heterocycles. The molecule has 0 atom stereocenters. The lowest BCUT2D eigenvalue weighted by Gasteiger charge is -2.04. The smallest absolute Gasteiger partial charge is 0.169 e. The fraction of sp³-hybridized carbons (Fsp3) is 0.891. The fourth-order valence-electron chi connectivity index (χ4n) is 7.41. The van der Waals surface area contributed by atoms with Gasteiger partial charge in [0.25, 0.3) is 0 Å². The summed E-state index contributed by atoms with van der Waals surface area (Å²) in [5.74, 6) is 0. The van der Waals surface area contributed by atoms with E-state index in [9.17, 15) is 0 Å². The van der Waals surface area contributed by atoms with Crippen LogP contribution in [0.2, 0.25) is 0 Å². The van der Waals surface area contributed by atoms with E-state index in [1.807, 2.05) is 0 Å². The van der Waals surface area contributed by atoms with Crippen molar-refractivity contribution in [3.63, 3.8) is 0 Å². The number of aryl methyl sites for hydroxylation is 2. The van der Waals surface area contributed by atoms with Gasteiger partial charge in [0.1, 0.15) is 6.54 Å². The van der Waals surface area contributed by atoms with Crippen molar-refractivity contribution in [1.29, 1.82) is 0 Å². The molecule has 1 rings (SSSR count). The molecule has 1 heteroatoms. The number of aromatic nitrogens is 1. The number of nitrogens with zero attached hydrogens (tertiary/aromatic N) is 1. The zero-order valence-corrected chi connectivity index (χ0v) is 32.8. The van der Waals surface area contributed by atoms with E-state index in [-0.39, 0.29) is 0 Å². The summed E-state index contributed by atoms with van der Waals surface area (Å²) >= 11 is 0. The quantitative estimate of drug-likeness (QED) is 0.0491. The minimum Gasteiger partial charge on any atom is -0.205 e. The van der Waals surface area contributed by atoms with E-state index < -0.39 is 0 Å². The number of unbranched alkanes of at least 4 members (excludes halogenated alkanes) is 35. The predicted molar refractivity (Wildman–Crippen MR) is 213 cm³/mol. The highest BCUT2D eigenvalue weighted by molar-refractivity contribution is 5.07. The summed E-state index contributed by atoms with van der Waals surface area (Å²) in [6.07, 6.45) is 59.7. The minimum atomic E-state index is 1.19. The first-order valence-corrected chi connectivity index (χ1v) is 22.3. The van der Waals surface area contributed by atoms with Gasteiger partial charge in [-0.05, 0) is 24.8 Å². The standard InChI is InChI=1S/C46H88N/c1-3-5-7-9-11-13-15-17-19-21-22-23-25-27-29-31-33-35-37-39-43-47-44-41-46(42-45-47)40-38-36-34-32-30-28-26-24-20-18-16-14-12-10-8-6-4-2/h41-42,44-45H,3-40,43H2,1-2H3/q+1. The third-order valence-electron chi connectivity index (χ3n) is 10.8. The molecule has 0 aromatic carbocycles. The molecule has 0 aliphatic rings. The summed E-state index contributed by atoms with van der Waals surface area (Å²) < 4.78 is 2.41. The van der Waals surface area contributed by atoms with Crippen LogP contribution in [0.1, 0.15) is 257 Å². The van der Waals surface area contributed by atoms with E-state index >= 15 is 0 Å². The van der Waals surface area contributed by atoms with Gasteiger partial charge in [-0.3, -0.25) is 0 Å². The monoisotopic (exact) mass is 655 g/mol. The van der Waals surface area contributed by atoms with Crippen LogP contribution in [0.5, 0.6) is 0 Å². The van der Waals surface area contributed by atoms with Crippen molar-refractivity contribution >= 4 is 0 Å². The molecule has 0 bridgehead atoms. The van der Waals surface area contributed by atoms with Gasteiger partial charge in [0.2, 0.25) is 0 Å². The molecule has 0 saturated carbocycles. The van der Waals surface area contributed by atoms with Crippen LogP contribution in [0.15, 0.2) is 24.5 Å². The second-order valence-corrected chi connectivity index (χ2v) is 15.6. The molecule has 0 N–H and O–H groups in total. The molecular formula is C46H88N+. The Hall–Kier alpha value is -0.850. The molecule has 0 spiro atoms. The van der Waals surface area contributed by atoms with E-state index in [1.165, 1.54) is 256 Å². The van der Waals surface area contributed by atoms with Crippen molar-refractivity contribution < 1.29 is 4.57 Å². The van der Waals surface area contributed by atoms with Gasteiger partial charge in [0.05, 0.1) is 0 Å². The van der Waals surface area contributed by atoms with Crippen molar-refractivity contribution in [2.75, 3.05) is 0 Å². The SMILES string of the molecule is CCCCCCCCCCCCCCCCCCCCCC[n+]1ccc(CCCCCCCCCCCCCCCCCCC)cc1. The van der Waals surface area contributed by atoms with Crippen molar-refractivity contribution in [1.82, 2.24) is 0 Å². The summed E-state index contributed by atoms with van der Waals surface area (Å²) in [5.41, 5.74) is 1.53. The maximum Gasteiger partial charge on any atom is 0.169 e. The molecular weight excluding hydrogens is 567 g/mol. The highest BCUT2D eigenvalue weighted by Crippen LogP contribution is 2.16. The Labute approximate surface area is 298 Å². The third-order valence-corrected chi connectivity index (χ3v) is 10.8. The maximum absolute atomic E-state index is 2.41. The van der Waals surface area contributed by atoms with Crippen molar-refractivity contribution in [3.05, 3.63) is 30.1 Å². The van der Waals surface area contributed by atoms with E-state index in [4.69, 9.17) is 0 Å². The second kappa shape index (κ2) is 38.0. The van der Waals surface area contributed by atoms with Gasteiger partial charge >= 0.3 is 0 Å². The minimum absolute atomic E-state index is 1.19. The van der Waals surface area contributed by atoms with Gasteiger partial charge in [-0.15, -0.1) is 0 Å². The Balaban J connectivity index is 1.78. The van der Waals surface area contributed by atoms with E-state index in [0.717, 1.165) is 0 Å². The Morgan fingerprint density at radius 2 is 0.532 bits per heavy atom. The van der Waals surface area contributed by atoms with Crippen molar-refractivity contribution in [2.24, 2.45) is 0 Å². The zero-order chi connectivity index (χ0) is 33.6. The number of hydrogen-bond acceptors (Lipinski definition) is 0. The average Bonchev–Trinajstić information content (AvgIpc) is 3.09. The highest BCUT2D eigenvalue weighted by Gasteiger charge is 2.02. The van der Waals surface area contributed by atoms with Crippen LogP contribution in [0.3, 0.4) is 0 Å². The summed E-state index contributed by atoms with van der Waals surface area (Å²) in [5, 5.41) is 0. The van der Waals surface area contributed by atoms with Crippen LogP contribution in [-0.2, 0) is 13.0 Å². The van der Waals surface area contributed by atoms with E-state index in [1.54, 1.807) is 0 Å². The molecule has 1 nitrogen and oxygen atoms in total. The van der Waals surface area contributed by atoms with Gasteiger partial charge in [-0.25, -0.2) is 4.57 Å². The van der Waals surface area contributed by atoms with Crippen LogP contribution < -0.4 is 4.57 Å². The number of pyridine rings is 1. The van der Waals surface area contributed by atoms with Gasteiger partial charge in [0.15, 0.2) is 12.4 Å². The lowest BCUT2D eigenvalue weighted by molar-refractivity contribution is -0.697. The Morgan fingerprint density at radius 1 is 0.298 bits per heavy atom. The Morgan fingerprint density at radius 3 is 0.809 bits per heavy atom. The highest BCUT2D eigenvalue weighted by atomic mass is 14.9. The van der Waals surface area contributed by atoms with E-state index in [0.29, 0.717) is 0 Å². The van der Waals surface area contributed by atoms with Gasteiger partial charge in [-0.2, -0.15) is 0 Å². The molecule has 47 heavy (non-hydrogen) atoms. The topological polar surface area (TPSA) is 3.88 Å². The molecule has 0 aliphatic heterocycles. The second-order valence-electron chi connectivity index (χ2n) is 15.6. The number of rotatable bonds is 39. The summed E-state index contributed by atoms with van der Waals surface area (Å²) in [7, 11) is 0. The summed E-state index contributed by atoms with van der Waals surface area (Å²) in [6, 6.07) is 4.76. The molecule has 0 amide bonds. The van der Waals surface area contributed by atoms with Crippen molar-refractivity contribution in [2.45, 2.75) is 264 Å². The van der Waals surface area contributed by atoms with Gasteiger partial charge in [0, 0.05) is 18.6 Å². The zero-order valence-electron chi connectivity index (χ0n) is 32.8. The Kier molecular flexibility index (Phi) is 35.7. The Bertz CT molecular complexity index is 693.